The normalized spacial score (nSPS) is 12.6. The van der Waals surface area contributed by atoms with Gasteiger partial charge in [-0.1, -0.05) is 35.3 Å². The second-order valence-corrected chi connectivity index (χ2v) is 4.93. The lowest BCUT2D eigenvalue weighted by Gasteiger charge is -2.21. The fraction of sp³-hybridized carbons (Fsp3) is 0.462. The van der Waals surface area contributed by atoms with Gasteiger partial charge in [0.1, 0.15) is 6.04 Å². The van der Waals surface area contributed by atoms with Crippen LogP contribution in [0.4, 0.5) is 0 Å². The van der Waals surface area contributed by atoms with Crippen molar-refractivity contribution in [3.05, 3.63) is 33.8 Å². The Bertz CT molecular complexity index is 421. The first kappa shape index (κ1) is 15.3. The lowest BCUT2D eigenvalue weighted by molar-refractivity contribution is -0.146. The first-order valence-electron chi connectivity index (χ1n) is 5.84. The average molecular weight is 290 g/mol. The quantitative estimate of drug-likeness (QED) is 0.842. The van der Waals surface area contributed by atoms with Gasteiger partial charge in [0.15, 0.2) is 0 Å². The number of benzene rings is 1. The predicted molar refractivity (Wildman–Crippen MR) is 74.1 cm³/mol. The van der Waals surface area contributed by atoms with Crippen molar-refractivity contribution in [3.8, 4) is 0 Å². The molecule has 18 heavy (non-hydrogen) atoms. The zero-order valence-electron chi connectivity index (χ0n) is 10.7. The van der Waals surface area contributed by atoms with Gasteiger partial charge in [-0.2, -0.15) is 0 Å². The summed E-state index contributed by atoms with van der Waals surface area (Å²) in [6.07, 6.45) is 0. The molecule has 0 spiro atoms. The molecule has 1 unspecified atom stereocenters. The molecule has 0 heterocycles. The van der Waals surface area contributed by atoms with E-state index in [0.29, 0.717) is 22.2 Å². The Balaban J connectivity index is 3.09. The third-order valence-electron chi connectivity index (χ3n) is 2.31. The van der Waals surface area contributed by atoms with E-state index in [9.17, 15) is 4.79 Å². The van der Waals surface area contributed by atoms with Gasteiger partial charge in [-0.15, -0.1) is 0 Å². The van der Waals surface area contributed by atoms with Crippen molar-refractivity contribution in [1.82, 2.24) is 5.32 Å². The van der Waals surface area contributed by atoms with Gasteiger partial charge in [-0.05, 0) is 26.8 Å². The lowest BCUT2D eigenvalue weighted by Crippen LogP contribution is -2.35. The molecule has 1 aromatic rings. The monoisotopic (exact) mass is 289 g/mol. The molecule has 1 N–H and O–H groups in total. The molecule has 0 saturated carbocycles. The molecule has 0 aliphatic heterocycles. The second-order valence-electron chi connectivity index (χ2n) is 4.15. The lowest BCUT2D eigenvalue weighted by atomic mass is 10.1. The highest BCUT2D eigenvalue weighted by atomic mass is 35.5. The van der Waals surface area contributed by atoms with Crippen molar-refractivity contribution in [2.24, 2.45) is 0 Å². The molecule has 0 radical (unpaired) electrons. The number of hydrogen-bond acceptors (Lipinski definition) is 3. The molecular formula is C13H17Cl2NO2. The maximum absolute atomic E-state index is 12.0. The molecular weight excluding hydrogens is 273 g/mol. The van der Waals surface area contributed by atoms with E-state index in [0.717, 1.165) is 0 Å². The van der Waals surface area contributed by atoms with Crippen LogP contribution in [0.5, 0.6) is 0 Å². The third kappa shape index (κ3) is 3.87. The van der Waals surface area contributed by atoms with Crippen molar-refractivity contribution in [2.75, 3.05) is 6.61 Å². The van der Waals surface area contributed by atoms with Gasteiger partial charge in [0.25, 0.3) is 0 Å². The number of halogens is 2. The molecule has 1 rings (SSSR count). The van der Waals surface area contributed by atoms with Gasteiger partial charge in [0, 0.05) is 11.6 Å². The molecule has 0 aliphatic carbocycles. The van der Waals surface area contributed by atoms with Crippen LogP contribution in [0.1, 0.15) is 32.4 Å². The minimum atomic E-state index is -0.601. The van der Waals surface area contributed by atoms with Crippen LogP contribution in [0, 0.1) is 0 Å². The summed E-state index contributed by atoms with van der Waals surface area (Å²) >= 11 is 12.1. The van der Waals surface area contributed by atoms with Crippen LogP contribution >= 0.6 is 23.2 Å². The van der Waals surface area contributed by atoms with Crippen molar-refractivity contribution in [2.45, 2.75) is 32.9 Å². The first-order valence-corrected chi connectivity index (χ1v) is 6.59. The summed E-state index contributed by atoms with van der Waals surface area (Å²) in [7, 11) is 0. The molecule has 1 atom stereocenters. The molecule has 0 saturated heterocycles. The van der Waals surface area contributed by atoms with Crippen molar-refractivity contribution in [1.29, 1.82) is 0 Å². The molecule has 0 bridgehead atoms. The highest BCUT2D eigenvalue weighted by Crippen LogP contribution is 2.30. The number of carbonyl (C=O) groups is 1. The van der Waals surface area contributed by atoms with E-state index in [1.165, 1.54) is 0 Å². The maximum atomic E-state index is 12.0. The molecule has 0 fully saturated rings. The van der Waals surface area contributed by atoms with Crippen molar-refractivity contribution in [3.63, 3.8) is 0 Å². The average Bonchev–Trinajstić information content (AvgIpc) is 2.30. The Labute approximate surface area is 117 Å². The first-order chi connectivity index (χ1) is 8.47. The van der Waals surface area contributed by atoms with Gasteiger partial charge in [-0.3, -0.25) is 5.32 Å². The zero-order valence-corrected chi connectivity index (χ0v) is 12.2. The smallest absolute Gasteiger partial charge is 0.327 e. The highest BCUT2D eigenvalue weighted by Gasteiger charge is 2.25. The summed E-state index contributed by atoms with van der Waals surface area (Å²) in [6, 6.07) is 4.74. The van der Waals surface area contributed by atoms with Gasteiger partial charge < -0.3 is 4.74 Å². The van der Waals surface area contributed by atoms with Crippen LogP contribution in [-0.2, 0) is 9.53 Å². The van der Waals surface area contributed by atoms with Crippen molar-refractivity contribution < 1.29 is 9.53 Å². The summed E-state index contributed by atoms with van der Waals surface area (Å²) in [5, 5.41) is 3.94. The van der Waals surface area contributed by atoms with Crippen LogP contribution in [0.15, 0.2) is 18.2 Å². The van der Waals surface area contributed by atoms with Gasteiger partial charge in [0.2, 0.25) is 0 Å². The fourth-order valence-electron chi connectivity index (χ4n) is 1.59. The number of hydrogen-bond donors (Lipinski definition) is 1. The molecule has 0 amide bonds. The fourth-order valence-corrected chi connectivity index (χ4v) is 2.00. The third-order valence-corrected chi connectivity index (χ3v) is 3.15. The Kier molecular flexibility index (Phi) is 5.93. The SMILES string of the molecule is CCOC(=O)C(NC(C)C)c1cccc(Cl)c1Cl. The van der Waals surface area contributed by atoms with E-state index in [-0.39, 0.29) is 12.0 Å². The molecule has 5 heteroatoms. The van der Waals surface area contributed by atoms with E-state index in [1.807, 2.05) is 13.8 Å². The topological polar surface area (TPSA) is 38.3 Å². The molecule has 1 aromatic carbocycles. The van der Waals surface area contributed by atoms with Crippen molar-refractivity contribution >= 4 is 29.2 Å². The number of carbonyl (C=O) groups excluding carboxylic acids is 1. The summed E-state index contributed by atoms with van der Waals surface area (Å²) in [5.41, 5.74) is 0.635. The molecule has 0 aliphatic rings. The van der Waals surface area contributed by atoms with Gasteiger partial charge in [0.05, 0.1) is 16.7 Å². The van der Waals surface area contributed by atoms with Crippen LogP contribution < -0.4 is 5.32 Å². The highest BCUT2D eigenvalue weighted by molar-refractivity contribution is 6.42. The summed E-state index contributed by atoms with van der Waals surface area (Å²) < 4.78 is 5.05. The van der Waals surface area contributed by atoms with E-state index < -0.39 is 6.04 Å². The van der Waals surface area contributed by atoms with Crippen LogP contribution in [0.2, 0.25) is 10.0 Å². The van der Waals surface area contributed by atoms with E-state index in [2.05, 4.69) is 5.32 Å². The van der Waals surface area contributed by atoms with Crippen LogP contribution in [0.25, 0.3) is 0 Å². The standard InChI is InChI=1S/C13H17Cl2NO2/c1-4-18-13(17)12(16-8(2)3)9-6-5-7-10(14)11(9)15/h5-8,12,16H,4H2,1-3H3. The maximum Gasteiger partial charge on any atom is 0.327 e. The minimum Gasteiger partial charge on any atom is -0.465 e. The molecule has 3 nitrogen and oxygen atoms in total. The summed E-state index contributed by atoms with van der Waals surface area (Å²) in [5.74, 6) is -0.352. The van der Waals surface area contributed by atoms with E-state index in [1.54, 1.807) is 25.1 Å². The molecule has 100 valence electrons. The number of rotatable bonds is 5. The summed E-state index contributed by atoms with van der Waals surface area (Å²) in [4.78, 5) is 12.0. The Hall–Kier alpha value is -0.770. The molecule has 0 aromatic heterocycles. The zero-order chi connectivity index (χ0) is 13.7. The number of nitrogens with one attached hydrogen (secondary N) is 1. The van der Waals surface area contributed by atoms with Gasteiger partial charge in [-0.25, -0.2) is 4.79 Å². The Morgan fingerprint density at radius 1 is 1.39 bits per heavy atom. The van der Waals surface area contributed by atoms with Gasteiger partial charge >= 0.3 is 5.97 Å². The minimum absolute atomic E-state index is 0.120. The summed E-state index contributed by atoms with van der Waals surface area (Å²) in [6.45, 7) is 5.99. The number of ether oxygens (including phenoxy) is 1. The number of esters is 1. The van der Waals surface area contributed by atoms with Crippen LogP contribution in [0.3, 0.4) is 0 Å². The Morgan fingerprint density at radius 2 is 2.06 bits per heavy atom. The predicted octanol–water partition coefficient (Wildman–Crippen LogP) is 3.60. The van der Waals surface area contributed by atoms with E-state index in [4.69, 9.17) is 27.9 Å². The van der Waals surface area contributed by atoms with E-state index >= 15 is 0 Å². The second kappa shape index (κ2) is 6.98. The Morgan fingerprint density at radius 3 is 2.61 bits per heavy atom. The van der Waals surface area contributed by atoms with Crippen LogP contribution in [-0.4, -0.2) is 18.6 Å². The largest absolute Gasteiger partial charge is 0.465 e.